The number of primary amides is 1. The predicted molar refractivity (Wildman–Crippen MR) is 71.5 cm³/mol. The smallest absolute Gasteiger partial charge is 0.248 e. The molecule has 0 saturated carbocycles. The second-order valence-corrected chi connectivity index (χ2v) is 4.52. The Labute approximate surface area is 115 Å². The second kappa shape index (κ2) is 5.81. The maximum atomic E-state index is 11.0. The number of nitrogens with zero attached hydrogens (tertiary/aromatic N) is 3. The van der Waals surface area contributed by atoms with Crippen molar-refractivity contribution in [2.75, 3.05) is 0 Å². The van der Waals surface area contributed by atoms with E-state index < -0.39 is 5.91 Å². The van der Waals surface area contributed by atoms with Gasteiger partial charge in [-0.25, -0.2) is 4.98 Å². The summed E-state index contributed by atoms with van der Waals surface area (Å²) >= 11 is 6.08. The average molecular weight is 280 g/mol. The van der Waals surface area contributed by atoms with E-state index >= 15 is 0 Å². The van der Waals surface area contributed by atoms with Crippen molar-refractivity contribution in [3.8, 4) is 0 Å². The maximum absolute atomic E-state index is 11.0. The van der Waals surface area contributed by atoms with Gasteiger partial charge in [-0.05, 0) is 17.7 Å². The zero-order valence-electron chi connectivity index (χ0n) is 10.4. The molecule has 0 bridgehead atoms. The quantitative estimate of drug-likeness (QED) is 0.850. The minimum Gasteiger partial charge on any atom is -0.366 e. The molecule has 1 heterocycles. The van der Waals surface area contributed by atoms with Crippen molar-refractivity contribution >= 4 is 17.5 Å². The summed E-state index contributed by atoms with van der Waals surface area (Å²) in [5, 5.41) is 7.84. The number of nitrogens with one attached hydrogen (secondary N) is 1. The van der Waals surface area contributed by atoms with Crippen LogP contribution in [0.2, 0.25) is 5.02 Å². The molecule has 0 aliphatic rings. The zero-order valence-corrected chi connectivity index (χ0v) is 11.2. The molecule has 2 rings (SSSR count). The summed E-state index contributed by atoms with van der Waals surface area (Å²) in [4.78, 5) is 15.1. The van der Waals surface area contributed by atoms with Crippen LogP contribution in [-0.2, 0) is 20.1 Å². The fraction of sp³-hybridized carbons (Fsp3) is 0.250. The molecule has 0 fully saturated rings. The van der Waals surface area contributed by atoms with Crippen molar-refractivity contribution < 1.29 is 4.79 Å². The van der Waals surface area contributed by atoms with Crippen LogP contribution in [0.4, 0.5) is 0 Å². The van der Waals surface area contributed by atoms with E-state index in [1.807, 2.05) is 7.05 Å². The fourth-order valence-corrected chi connectivity index (χ4v) is 1.87. The average Bonchev–Trinajstić information content (AvgIpc) is 2.77. The van der Waals surface area contributed by atoms with Gasteiger partial charge in [-0.2, -0.15) is 5.10 Å². The summed E-state index contributed by atoms with van der Waals surface area (Å²) in [5.41, 5.74) is 6.47. The molecule has 2 aromatic rings. The van der Waals surface area contributed by atoms with E-state index in [4.69, 9.17) is 17.3 Å². The van der Waals surface area contributed by atoms with Crippen LogP contribution >= 0.6 is 11.6 Å². The third-order valence-electron chi connectivity index (χ3n) is 2.58. The zero-order chi connectivity index (χ0) is 13.8. The van der Waals surface area contributed by atoms with Crippen molar-refractivity contribution in [1.29, 1.82) is 0 Å². The number of hydrogen-bond acceptors (Lipinski definition) is 4. The minimum absolute atomic E-state index is 0.403. The summed E-state index contributed by atoms with van der Waals surface area (Å²) in [5.74, 6) is 0.228. The molecule has 1 aromatic heterocycles. The first-order chi connectivity index (χ1) is 9.06. The van der Waals surface area contributed by atoms with Gasteiger partial charge in [0.25, 0.3) is 0 Å². The van der Waals surface area contributed by atoms with Gasteiger partial charge in [0.05, 0.1) is 6.54 Å². The standard InChI is InChI=1S/C12H14ClN5O/c1-18-7-16-11(17-18)6-15-5-9-3-2-8(12(14)19)4-10(9)13/h2-4,7,15H,5-6H2,1H3,(H2,14,19). The van der Waals surface area contributed by atoms with Crippen LogP contribution in [0.25, 0.3) is 0 Å². The van der Waals surface area contributed by atoms with E-state index in [9.17, 15) is 4.79 Å². The molecule has 0 unspecified atom stereocenters. The normalized spacial score (nSPS) is 10.6. The highest BCUT2D eigenvalue weighted by Crippen LogP contribution is 2.17. The largest absolute Gasteiger partial charge is 0.366 e. The van der Waals surface area contributed by atoms with Crippen molar-refractivity contribution in [1.82, 2.24) is 20.1 Å². The van der Waals surface area contributed by atoms with Gasteiger partial charge < -0.3 is 11.1 Å². The number of aryl methyl sites for hydroxylation is 1. The van der Waals surface area contributed by atoms with Crippen molar-refractivity contribution in [3.63, 3.8) is 0 Å². The van der Waals surface area contributed by atoms with E-state index in [0.29, 0.717) is 29.5 Å². The number of aromatic nitrogens is 3. The molecule has 3 N–H and O–H groups in total. The first-order valence-electron chi connectivity index (χ1n) is 5.69. The molecule has 6 nitrogen and oxygen atoms in total. The van der Waals surface area contributed by atoms with Gasteiger partial charge in [0.15, 0.2) is 5.82 Å². The van der Waals surface area contributed by atoms with Gasteiger partial charge in [0, 0.05) is 24.2 Å². The number of halogens is 1. The number of carbonyl (C=O) groups is 1. The summed E-state index contributed by atoms with van der Waals surface area (Å²) in [7, 11) is 1.82. The Morgan fingerprint density at radius 3 is 2.84 bits per heavy atom. The lowest BCUT2D eigenvalue weighted by Crippen LogP contribution is -2.15. The van der Waals surface area contributed by atoms with E-state index in [1.165, 1.54) is 0 Å². The van der Waals surface area contributed by atoms with Gasteiger partial charge in [-0.15, -0.1) is 0 Å². The molecular formula is C12H14ClN5O. The Morgan fingerprint density at radius 1 is 1.47 bits per heavy atom. The first-order valence-corrected chi connectivity index (χ1v) is 6.07. The van der Waals surface area contributed by atoms with Crippen LogP contribution in [0.5, 0.6) is 0 Å². The van der Waals surface area contributed by atoms with Gasteiger partial charge in [-0.3, -0.25) is 9.48 Å². The third kappa shape index (κ3) is 3.52. The minimum atomic E-state index is -0.487. The monoisotopic (exact) mass is 279 g/mol. The highest BCUT2D eigenvalue weighted by atomic mass is 35.5. The molecule has 7 heteroatoms. The third-order valence-corrected chi connectivity index (χ3v) is 2.94. The number of hydrogen-bond donors (Lipinski definition) is 2. The van der Waals surface area contributed by atoms with E-state index in [1.54, 1.807) is 29.2 Å². The van der Waals surface area contributed by atoms with E-state index in [-0.39, 0.29) is 0 Å². The van der Waals surface area contributed by atoms with Crippen LogP contribution in [-0.4, -0.2) is 20.7 Å². The Bertz CT molecular complexity index is 596. The highest BCUT2D eigenvalue weighted by molar-refractivity contribution is 6.31. The van der Waals surface area contributed by atoms with E-state index in [0.717, 1.165) is 5.56 Å². The Hall–Kier alpha value is -1.92. The maximum Gasteiger partial charge on any atom is 0.248 e. The summed E-state index contributed by atoms with van der Waals surface area (Å²) in [6.07, 6.45) is 1.64. The Kier molecular flexibility index (Phi) is 4.13. The van der Waals surface area contributed by atoms with Gasteiger partial charge in [-0.1, -0.05) is 17.7 Å². The molecule has 0 radical (unpaired) electrons. The molecule has 0 atom stereocenters. The lowest BCUT2D eigenvalue weighted by Gasteiger charge is -2.06. The summed E-state index contributed by atoms with van der Waals surface area (Å²) in [6, 6.07) is 5.01. The van der Waals surface area contributed by atoms with Crippen LogP contribution in [0.3, 0.4) is 0 Å². The lowest BCUT2D eigenvalue weighted by atomic mass is 10.1. The fourth-order valence-electron chi connectivity index (χ4n) is 1.62. The number of carbonyl (C=O) groups excluding carboxylic acids is 1. The first kappa shape index (κ1) is 13.5. The molecule has 0 spiro atoms. The van der Waals surface area contributed by atoms with Crippen molar-refractivity contribution in [3.05, 3.63) is 46.5 Å². The predicted octanol–water partition coefficient (Wildman–Crippen LogP) is 0.857. The molecule has 100 valence electrons. The van der Waals surface area contributed by atoms with Crippen LogP contribution < -0.4 is 11.1 Å². The molecular weight excluding hydrogens is 266 g/mol. The topological polar surface area (TPSA) is 85.8 Å². The Balaban J connectivity index is 1.94. The lowest BCUT2D eigenvalue weighted by molar-refractivity contribution is 0.100. The SMILES string of the molecule is Cn1cnc(CNCc2ccc(C(N)=O)cc2Cl)n1. The van der Waals surface area contributed by atoms with Crippen molar-refractivity contribution in [2.45, 2.75) is 13.1 Å². The molecule has 0 aliphatic heterocycles. The highest BCUT2D eigenvalue weighted by Gasteiger charge is 2.06. The van der Waals surface area contributed by atoms with Gasteiger partial charge in [0.2, 0.25) is 5.91 Å². The molecule has 0 saturated heterocycles. The van der Waals surface area contributed by atoms with Crippen LogP contribution in [0, 0.1) is 0 Å². The number of amides is 1. The van der Waals surface area contributed by atoms with E-state index in [2.05, 4.69) is 15.4 Å². The Morgan fingerprint density at radius 2 is 2.26 bits per heavy atom. The van der Waals surface area contributed by atoms with Gasteiger partial charge in [0.1, 0.15) is 6.33 Å². The summed E-state index contributed by atoms with van der Waals surface area (Å²) in [6.45, 7) is 1.12. The van der Waals surface area contributed by atoms with Crippen LogP contribution in [0.1, 0.15) is 21.7 Å². The number of benzene rings is 1. The molecule has 1 aromatic carbocycles. The molecule has 0 aliphatic carbocycles. The summed E-state index contributed by atoms with van der Waals surface area (Å²) < 4.78 is 1.64. The number of rotatable bonds is 5. The second-order valence-electron chi connectivity index (χ2n) is 4.11. The van der Waals surface area contributed by atoms with Crippen LogP contribution in [0.15, 0.2) is 24.5 Å². The number of nitrogens with two attached hydrogens (primary N) is 1. The molecule has 1 amide bonds. The van der Waals surface area contributed by atoms with Crippen molar-refractivity contribution in [2.24, 2.45) is 12.8 Å². The molecule has 19 heavy (non-hydrogen) atoms. The van der Waals surface area contributed by atoms with Gasteiger partial charge >= 0.3 is 0 Å².